The number of amides is 2. The summed E-state index contributed by atoms with van der Waals surface area (Å²) in [7, 11) is 0. The molecule has 1 atom stereocenters. The highest BCUT2D eigenvalue weighted by Gasteiger charge is 2.67. The Hall–Kier alpha value is -0.970. The minimum absolute atomic E-state index is 0.149. The largest absolute Gasteiger partial charge is 0.346 e. The van der Waals surface area contributed by atoms with Crippen LogP contribution in [0.1, 0.15) is 18.9 Å². The van der Waals surface area contributed by atoms with Crippen molar-refractivity contribution >= 4 is 52.3 Å². The van der Waals surface area contributed by atoms with Crippen molar-refractivity contribution in [3.63, 3.8) is 0 Å². The molecule has 0 radical (unpaired) electrons. The predicted molar refractivity (Wildman–Crippen MR) is 85.0 cm³/mol. The Bertz CT molecular complexity index is 604. The molecule has 1 saturated carbocycles. The first-order chi connectivity index (χ1) is 9.67. The van der Waals surface area contributed by atoms with E-state index in [4.69, 9.17) is 34.8 Å². The molecule has 2 N–H and O–H groups in total. The highest BCUT2D eigenvalue weighted by atomic mass is 35.5. The van der Waals surface area contributed by atoms with Gasteiger partial charge in [0.05, 0.1) is 12.0 Å². The maximum Gasteiger partial charge on any atom is 0.243 e. The van der Waals surface area contributed by atoms with Gasteiger partial charge in [0.25, 0.3) is 0 Å². The number of hydrogen-bond acceptors (Lipinski definition) is 2. The van der Waals surface area contributed by atoms with Crippen molar-refractivity contribution in [3.8, 4) is 0 Å². The Balaban J connectivity index is 1.89. The zero-order valence-corrected chi connectivity index (χ0v) is 13.9. The standard InChI is InChI=1S/C14H15Cl3N2O2/c1-8-9(15)4-3-5-10(8)19-11(20)6-18-12(21)13(2)7-14(13,16)17/h3-5H,6-7H2,1-2H3,(H,18,21)(H,19,20). The highest BCUT2D eigenvalue weighted by molar-refractivity contribution is 6.53. The van der Waals surface area contributed by atoms with Crippen LogP contribution in [0.2, 0.25) is 5.02 Å². The number of carbonyl (C=O) groups excluding carboxylic acids is 2. The van der Waals surface area contributed by atoms with E-state index in [-0.39, 0.29) is 18.4 Å². The molecule has 0 aliphatic heterocycles. The summed E-state index contributed by atoms with van der Waals surface area (Å²) >= 11 is 17.8. The van der Waals surface area contributed by atoms with Gasteiger partial charge >= 0.3 is 0 Å². The van der Waals surface area contributed by atoms with Crippen molar-refractivity contribution in [3.05, 3.63) is 28.8 Å². The van der Waals surface area contributed by atoms with E-state index in [2.05, 4.69) is 10.6 Å². The first-order valence-corrected chi connectivity index (χ1v) is 7.52. The van der Waals surface area contributed by atoms with Gasteiger partial charge in [-0.1, -0.05) is 17.7 Å². The lowest BCUT2D eigenvalue weighted by Gasteiger charge is -2.13. The fraction of sp³-hybridized carbons (Fsp3) is 0.429. The number of hydrogen-bond donors (Lipinski definition) is 2. The van der Waals surface area contributed by atoms with Gasteiger partial charge in [-0.05, 0) is 38.0 Å². The van der Waals surface area contributed by atoms with E-state index in [0.29, 0.717) is 17.1 Å². The van der Waals surface area contributed by atoms with Crippen LogP contribution in [-0.2, 0) is 9.59 Å². The van der Waals surface area contributed by atoms with Crippen LogP contribution >= 0.6 is 34.8 Å². The second kappa shape index (κ2) is 5.67. The third-order valence-corrected chi connectivity index (χ3v) is 5.22. The van der Waals surface area contributed by atoms with E-state index >= 15 is 0 Å². The smallest absolute Gasteiger partial charge is 0.243 e. The van der Waals surface area contributed by atoms with Gasteiger partial charge in [0, 0.05) is 10.7 Å². The van der Waals surface area contributed by atoms with Crippen molar-refractivity contribution in [2.75, 3.05) is 11.9 Å². The minimum Gasteiger partial charge on any atom is -0.346 e. The monoisotopic (exact) mass is 348 g/mol. The molecule has 4 nitrogen and oxygen atoms in total. The van der Waals surface area contributed by atoms with Crippen LogP contribution in [-0.4, -0.2) is 22.7 Å². The van der Waals surface area contributed by atoms with Crippen LogP contribution in [0.3, 0.4) is 0 Å². The van der Waals surface area contributed by atoms with Crippen LogP contribution in [0.4, 0.5) is 5.69 Å². The van der Waals surface area contributed by atoms with Crippen LogP contribution in [0.5, 0.6) is 0 Å². The molecule has 1 unspecified atom stereocenters. The molecule has 0 aromatic heterocycles. The van der Waals surface area contributed by atoms with E-state index < -0.39 is 9.75 Å². The van der Waals surface area contributed by atoms with E-state index in [0.717, 1.165) is 5.56 Å². The number of carbonyl (C=O) groups is 2. The topological polar surface area (TPSA) is 58.2 Å². The Morgan fingerprint density at radius 3 is 2.52 bits per heavy atom. The lowest BCUT2D eigenvalue weighted by atomic mass is 10.1. The summed E-state index contributed by atoms with van der Waals surface area (Å²) in [6.45, 7) is 3.32. The Labute approximate surface area is 138 Å². The average molecular weight is 350 g/mol. The summed E-state index contributed by atoms with van der Waals surface area (Å²) in [5.74, 6) is -0.668. The lowest BCUT2D eigenvalue weighted by molar-refractivity contribution is -0.127. The van der Waals surface area contributed by atoms with E-state index in [9.17, 15) is 9.59 Å². The maximum atomic E-state index is 11.9. The second-order valence-electron chi connectivity index (χ2n) is 5.36. The van der Waals surface area contributed by atoms with E-state index in [1.807, 2.05) is 0 Å². The van der Waals surface area contributed by atoms with E-state index in [1.54, 1.807) is 32.0 Å². The molecule has 7 heteroatoms. The molecule has 0 heterocycles. The fourth-order valence-corrected chi connectivity index (χ4v) is 2.82. The van der Waals surface area contributed by atoms with Gasteiger partial charge in [-0.2, -0.15) is 0 Å². The second-order valence-corrected chi connectivity index (χ2v) is 7.25. The number of benzene rings is 1. The van der Waals surface area contributed by atoms with Gasteiger partial charge in [-0.15, -0.1) is 23.2 Å². The minimum atomic E-state index is -1.04. The summed E-state index contributed by atoms with van der Waals surface area (Å²) in [4.78, 5) is 23.8. The molecule has 21 heavy (non-hydrogen) atoms. The van der Waals surface area contributed by atoms with E-state index in [1.165, 1.54) is 0 Å². The average Bonchev–Trinajstić information content (AvgIpc) is 2.92. The van der Waals surface area contributed by atoms with Crippen LogP contribution in [0.15, 0.2) is 18.2 Å². The third kappa shape index (κ3) is 3.28. The van der Waals surface area contributed by atoms with Crippen LogP contribution in [0.25, 0.3) is 0 Å². The Kier molecular flexibility index (Phi) is 4.43. The molecule has 1 aliphatic carbocycles. The van der Waals surface area contributed by atoms with Gasteiger partial charge < -0.3 is 10.6 Å². The maximum absolute atomic E-state index is 11.9. The summed E-state index contributed by atoms with van der Waals surface area (Å²) in [6.07, 6.45) is 0.379. The first-order valence-electron chi connectivity index (χ1n) is 6.38. The summed E-state index contributed by atoms with van der Waals surface area (Å²) in [6, 6.07) is 5.22. The number of halogens is 3. The highest BCUT2D eigenvalue weighted by Crippen LogP contribution is 2.63. The molecule has 1 aromatic carbocycles. The van der Waals surface area contributed by atoms with Gasteiger partial charge in [0.15, 0.2) is 0 Å². The molecule has 2 amide bonds. The van der Waals surface area contributed by atoms with Crippen molar-refractivity contribution in [1.82, 2.24) is 5.32 Å². The predicted octanol–water partition coefficient (Wildman–Crippen LogP) is 3.29. The molecule has 1 fully saturated rings. The normalized spacial score (nSPS) is 22.5. The molecule has 2 rings (SSSR count). The van der Waals surface area contributed by atoms with Gasteiger partial charge in [0.1, 0.15) is 4.33 Å². The first kappa shape index (κ1) is 16.4. The lowest BCUT2D eigenvalue weighted by Crippen LogP contribution is -2.38. The van der Waals surface area contributed by atoms with Crippen LogP contribution < -0.4 is 10.6 Å². The summed E-state index contributed by atoms with van der Waals surface area (Å²) in [5.41, 5.74) is 0.555. The zero-order chi connectivity index (χ0) is 15.8. The third-order valence-electron chi connectivity index (χ3n) is 3.71. The zero-order valence-electron chi connectivity index (χ0n) is 11.6. The molecular formula is C14H15Cl3N2O2. The van der Waals surface area contributed by atoms with Crippen molar-refractivity contribution in [2.45, 2.75) is 24.6 Å². The molecule has 0 bridgehead atoms. The SMILES string of the molecule is Cc1c(Cl)cccc1NC(=O)CNC(=O)C1(C)CC1(Cl)Cl. The van der Waals surface area contributed by atoms with Crippen molar-refractivity contribution in [1.29, 1.82) is 0 Å². The van der Waals surface area contributed by atoms with Gasteiger partial charge in [-0.3, -0.25) is 9.59 Å². The molecule has 0 spiro atoms. The molecule has 114 valence electrons. The van der Waals surface area contributed by atoms with Gasteiger partial charge in [0.2, 0.25) is 11.8 Å². The van der Waals surface area contributed by atoms with Crippen molar-refractivity contribution in [2.24, 2.45) is 5.41 Å². The number of alkyl halides is 2. The van der Waals surface area contributed by atoms with Crippen LogP contribution in [0, 0.1) is 12.3 Å². The summed E-state index contributed by atoms with van der Waals surface area (Å²) < 4.78 is -1.04. The molecular weight excluding hydrogens is 335 g/mol. The number of nitrogens with one attached hydrogen (secondary N) is 2. The number of anilines is 1. The quantitative estimate of drug-likeness (QED) is 0.820. The molecule has 1 aliphatic rings. The summed E-state index contributed by atoms with van der Waals surface area (Å²) in [5, 5.41) is 5.80. The Morgan fingerprint density at radius 2 is 1.95 bits per heavy atom. The Morgan fingerprint density at radius 1 is 1.33 bits per heavy atom. The fourth-order valence-electron chi connectivity index (χ4n) is 1.94. The molecule has 1 aromatic rings. The van der Waals surface area contributed by atoms with Crippen molar-refractivity contribution < 1.29 is 9.59 Å². The van der Waals surface area contributed by atoms with Gasteiger partial charge in [-0.25, -0.2) is 0 Å². The molecule has 0 saturated heterocycles. The number of rotatable bonds is 4.